The first kappa shape index (κ1) is 21.3. The summed E-state index contributed by atoms with van der Waals surface area (Å²) in [6, 6.07) is 11.1. The van der Waals surface area contributed by atoms with Gasteiger partial charge in [-0.2, -0.15) is 13.2 Å². The van der Waals surface area contributed by atoms with Crippen molar-refractivity contribution in [3.8, 4) is 0 Å². The fourth-order valence-corrected chi connectivity index (χ4v) is 4.35. The van der Waals surface area contributed by atoms with Crippen molar-refractivity contribution in [2.45, 2.75) is 24.6 Å². The van der Waals surface area contributed by atoms with Crippen LogP contribution in [0.3, 0.4) is 0 Å². The molecule has 1 fully saturated rings. The van der Waals surface area contributed by atoms with Gasteiger partial charge in [0.2, 0.25) is 0 Å². The summed E-state index contributed by atoms with van der Waals surface area (Å²) in [7, 11) is 1.67. The zero-order valence-corrected chi connectivity index (χ0v) is 18.2. The van der Waals surface area contributed by atoms with Crippen LogP contribution in [0.5, 0.6) is 0 Å². The lowest BCUT2D eigenvalue weighted by Crippen LogP contribution is -2.49. The molecular formula is C20H19Br2F3N2O. The van der Waals surface area contributed by atoms with Crippen molar-refractivity contribution in [2.75, 3.05) is 20.1 Å². The maximum Gasteiger partial charge on any atom is 0.416 e. The summed E-state index contributed by atoms with van der Waals surface area (Å²) >= 11 is 6.51. The lowest BCUT2D eigenvalue weighted by Gasteiger charge is -2.39. The molecule has 1 heterocycles. The average Bonchev–Trinajstić information content (AvgIpc) is 2.66. The van der Waals surface area contributed by atoms with E-state index in [1.165, 1.54) is 6.07 Å². The Morgan fingerprint density at radius 2 is 1.79 bits per heavy atom. The van der Waals surface area contributed by atoms with Gasteiger partial charge < -0.3 is 10.2 Å². The Morgan fingerprint density at radius 3 is 2.43 bits per heavy atom. The number of hydrogen-bond donors (Lipinski definition) is 1. The number of nitrogens with one attached hydrogen (secondary N) is 1. The van der Waals surface area contributed by atoms with E-state index in [-0.39, 0.29) is 22.0 Å². The van der Waals surface area contributed by atoms with E-state index >= 15 is 0 Å². The number of benzene rings is 2. The van der Waals surface area contributed by atoms with Gasteiger partial charge in [0.05, 0.1) is 5.56 Å². The number of piperidine rings is 1. The largest absolute Gasteiger partial charge is 0.416 e. The SMILES string of the molecule is CN(C(=O)c1cc(Br)cc(C(F)(F)F)c1)[C@@H]1CCNC[C@H]1c1ccc(Br)cc1. The van der Waals surface area contributed by atoms with E-state index in [9.17, 15) is 18.0 Å². The van der Waals surface area contributed by atoms with Crippen LogP contribution in [0.25, 0.3) is 0 Å². The minimum atomic E-state index is -4.51. The van der Waals surface area contributed by atoms with E-state index in [1.54, 1.807) is 11.9 Å². The van der Waals surface area contributed by atoms with Gasteiger partial charge in [-0.1, -0.05) is 44.0 Å². The van der Waals surface area contributed by atoms with Crippen molar-refractivity contribution in [3.63, 3.8) is 0 Å². The fourth-order valence-electron chi connectivity index (χ4n) is 3.59. The van der Waals surface area contributed by atoms with Crippen molar-refractivity contribution < 1.29 is 18.0 Å². The van der Waals surface area contributed by atoms with E-state index in [4.69, 9.17) is 0 Å². The highest BCUT2D eigenvalue weighted by atomic mass is 79.9. The van der Waals surface area contributed by atoms with Gasteiger partial charge in [0, 0.05) is 40.1 Å². The highest BCUT2D eigenvalue weighted by Crippen LogP contribution is 2.33. The minimum Gasteiger partial charge on any atom is -0.338 e. The standard InChI is InChI=1S/C20H19Br2F3N2O/c1-27(19(28)13-8-14(20(23,24)25)10-16(22)9-13)18-6-7-26-11-17(18)12-2-4-15(21)5-3-12/h2-5,8-10,17-18,26H,6-7,11H2,1H3/t17-,18+/m0/s1. The zero-order chi connectivity index (χ0) is 20.5. The molecule has 1 aliphatic heterocycles. The Morgan fingerprint density at radius 1 is 1.11 bits per heavy atom. The zero-order valence-electron chi connectivity index (χ0n) is 15.1. The summed E-state index contributed by atoms with van der Waals surface area (Å²) in [5.41, 5.74) is 0.274. The van der Waals surface area contributed by atoms with Crippen LogP contribution in [-0.2, 0) is 6.18 Å². The Kier molecular flexibility index (Phi) is 6.51. The summed E-state index contributed by atoms with van der Waals surface area (Å²) in [5, 5.41) is 3.34. The number of amides is 1. The van der Waals surface area contributed by atoms with Crippen molar-refractivity contribution in [1.29, 1.82) is 0 Å². The number of likely N-dealkylation sites (N-methyl/N-ethyl adjacent to an activating group) is 1. The first-order chi connectivity index (χ1) is 13.2. The van der Waals surface area contributed by atoms with Crippen LogP contribution in [0.1, 0.15) is 33.8 Å². The average molecular weight is 520 g/mol. The summed E-state index contributed by atoms with van der Waals surface area (Å²) in [5.74, 6) is -0.356. The predicted molar refractivity (Wildman–Crippen MR) is 109 cm³/mol. The number of rotatable bonds is 3. The van der Waals surface area contributed by atoms with Gasteiger partial charge in [-0.15, -0.1) is 0 Å². The molecule has 0 aliphatic carbocycles. The highest BCUT2D eigenvalue weighted by Gasteiger charge is 2.35. The molecule has 150 valence electrons. The van der Waals surface area contributed by atoms with E-state index in [0.29, 0.717) is 6.54 Å². The highest BCUT2D eigenvalue weighted by molar-refractivity contribution is 9.10. The molecule has 1 saturated heterocycles. The van der Waals surface area contributed by atoms with E-state index in [2.05, 4.69) is 37.2 Å². The summed E-state index contributed by atoms with van der Waals surface area (Å²) in [6.07, 6.45) is -3.78. The van der Waals surface area contributed by atoms with Crippen LogP contribution in [-0.4, -0.2) is 37.0 Å². The molecule has 1 N–H and O–H groups in total. The monoisotopic (exact) mass is 518 g/mol. The number of alkyl halides is 3. The summed E-state index contributed by atoms with van der Waals surface area (Å²) in [6.45, 7) is 1.46. The topological polar surface area (TPSA) is 32.3 Å². The molecule has 2 atom stereocenters. The van der Waals surface area contributed by atoms with Gasteiger partial charge in [0.1, 0.15) is 0 Å². The molecule has 3 nitrogen and oxygen atoms in total. The van der Waals surface area contributed by atoms with Gasteiger partial charge in [-0.05, 0) is 48.9 Å². The van der Waals surface area contributed by atoms with Crippen LogP contribution < -0.4 is 5.32 Å². The minimum absolute atomic E-state index is 0.0253. The Balaban J connectivity index is 1.89. The molecule has 2 aromatic carbocycles. The van der Waals surface area contributed by atoms with Crippen molar-refractivity contribution >= 4 is 37.8 Å². The van der Waals surface area contributed by atoms with Crippen molar-refractivity contribution in [2.24, 2.45) is 0 Å². The van der Waals surface area contributed by atoms with Gasteiger partial charge >= 0.3 is 6.18 Å². The van der Waals surface area contributed by atoms with Crippen molar-refractivity contribution in [1.82, 2.24) is 10.2 Å². The van der Waals surface area contributed by atoms with Crippen LogP contribution in [0, 0.1) is 0 Å². The lowest BCUT2D eigenvalue weighted by molar-refractivity contribution is -0.137. The lowest BCUT2D eigenvalue weighted by atomic mass is 9.86. The Bertz CT molecular complexity index is 856. The number of nitrogens with zero attached hydrogens (tertiary/aromatic N) is 1. The second-order valence-corrected chi connectivity index (χ2v) is 8.69. The molecule has 0 radical (unpaired) electrons. The van der Waals surface area contributed by atoms with Crippen LogP contribution in [0.15, 0.2) is 51.4 Å². The second kappa shape index (κ2) is 8.55. The normalized spacial score (nSPS) is 20.1. The Labute approximate surface area is 178 Å². The molecule has 0 aromatic heterocycles. The third-order valence-corrected chi connectivity index (χ3v) is 6.02. The maximum absolute atomic E-state index is 13.1. The molecule has 1 amide bonds. The molecule has 0 unspecified atom stereocenters. The molecule has 28 heavy (non-hydrogen) atoms. The van der Waals surface area contributed by atoms with Crippen LogP contribution in [0.2, 0.25) is 0 Å². The summed E-state index contributed by atoms with van der Waals surface area (Å²) in [4.78, 5) is 14.6. The predicted octanol–water partition coefficient (Wildman–Crippen LogP) is 5.45. The molecule has 0 saturated carbocycles. The third-order valence-electron chi connectivity index (χ3n) is 5.03. The molecular weight excluding hydrogens is 501 g/mol. The van der Waals surface area contributed by atoms with Gasteiger partial charge in [0.25, 0.3) is 5.91 Å². The summed E-state index contributed by atoms with van der Waals surface area (Å²) < 4.78 is 40.6. The molecule has 3 rings (SSSR count). The van der Waals surface area contributed by atoms with E-state index in [1.807, 2.05) is 24.3 Å². The maximum atomic E-state index is 13.1. The first-order valence-corrected chi connectivity index (χ1v) is 10.4. The third kappa shape index (κ3) is 4.78. The van der Waals surface area contributed by atoms with Crippen molar-refractivity contribution in [3.05, 3.63) is 68.1 Å². The first-order valence-electron chi connectivity index (χ1n) is 8.78. The van der Waals surface area contributed by atoms with E-state index < -0.39 is 17.6 Å². The van der Waals surface area contributed by atoms with Gasteiger partial charge in [-0.25, -0.2) is 0 Å². The van der Waals surface area contributed by atoms with E-state index in [0.717, 1.165) is 35.1 Å². The number of carbonyl (C=O) groups excluding carboxylic acids is 1. The molecule has 0 spiro atoms. The quantitative estimate of drug-likeness (QED) is 0.585. The van der Waals surface area contributed by atoms with Gasteiger partial charge in [0.15, 0.2) is 0 Å². The van der Waals surface area contributed by atoms with Gasteiger partial charge in [-0.3, -0.25) is 4.79 Å². The fraction of sp³-hybridized carbons (Fsp3) is 0.350. The molecule has 0 bridgehead atoms. The molecule has 1 aliphatic rings. The van der Waals surface area contributed by atoms with Crippen LogP contribution in [0.4, 0.5) is 13.2 Å². The second-order valence-electron chi connectivity index (χ2n) is 6.86. The smallest absolute Gasteiger partial charge is 0.338 e. The molecule has 2 aromatic rings. The van der Waals surface area contributed by atoms with Crippen LogP contribution >= 0.6 is 31.9 Å². The molecule has 8 heteroatoms. The number of hydrogen-bond acceptors (Lipinski definition) is 2. The number of halogens is 5. The Hall–Kier alpha value is -1.38. The number of carbonyl (C=O) groups is 1.